The second-order valence-corrected chi connectivity index (χ2v) is 6.75. The van der Waals surface area contributed by atoms with E-state index in [1.807, 2.05) is 0 Å². The molecule has 166 valence electrons. The molecular weight excluding hydrogens is 452 g/mol. The summed E-state index contributed by atoms with van der Waals surface area (Å²) in [5, 5.41) is 6.70. The summed E-state index contributed by atoms with van der Waals surface area (Å²) in [6, 6.07) is 11.4. The highest BCUT2D eigenvalue weighted by Gasteiger charge is 2.33. The van der Waals surface area contributed by atoms with Crippen LogP contribution in [0, 0.1) is 5.82 Å². The molecule has 1 amide bonds. The molecule has 2 N–H and O–H groups in total. The summed E-state index contributed by atoms with van der Waals surface area (Å²) in [6.07, 6.45) is -3.48. The Morgan fingerprint density at radius 3 is 2.50 bits per heavy atom. The van der Waals surface area contributed by atoms with E-state index in [0.29, 0.717) is 11.6 Å². The van der Waals surface area contributed by atoms with Crippen molar-refractivity contribution in [3.63, 3.8) is 0 Å². The highest BCUT2D eigenvalue weighted by atomic mass is 35.5. The van der Waals surface area contributed by atoms with Gasteiger partial charge in [-0.05, 0) is 48.0 Å². The molecule has 3 aromatic rings. The van der Waals surface area contributed by atoms with Crippen LogP contribution in [-0.4, -0.2) is 24.2 Å². The largest absolute Gasteiger partial charge is 0.495 e. The molecule has 0 radical (unpaired) electrons. The van der Waals surface area contributed by atoms with Crippen LogP contribution in [0.5, 0.6) is 5.75 Å². The molecule has 0 bridgehead atoms. The van der Waals surface area contributed by atoms with Crippen molar-refractivity contribution in [2.75, 3.05) is 12.4 Å². The van der Waals surface area contributed by atoms with Gasteiger partial charge >= 0.3 is 6.18 Å². The number of amides is 1. The minimum absolute atomic E-state index is 0.204. The average Bonchev–Trinajstić information content (AvgIpc) is 2.74. The summed E-state index contributed by atoms with van der Waals surface area (Å²) in [4.78, 5) is 16.1. The van der Waals surface area contributed by atoms with Gasteiger partial charge in [0, 0.05) is 5.02 Å². The van der Waals surface area contributed by atoms with Crippen molar-refractivity contribution < 1.29 is 27.1 Å². The molecule has 1 aromatic heterocycles. The molecule has 1 heterocycles. The number of benzene rings is 2. The summed E-state index contributed by atoms with van der Waals surface area (Å²) in [6.45, 7) is 0. The van der Waals surface area contributed by atoms with Crippen LogP contribution in [0.3, 0.4) is 0 Å². The number of carbonyl (C=O) groups is 1. The van der Waals surface area contributed by atoms with E-state index in [9.17, 15) is 22.4 Å². The van der Waals surface area contributed by atoms with Gasteiger partial charge in [-0.15, -0.1) is 0 Å². The fourth-order valence-corrected chi connectivity index (χ4v) is 2.75. The van der Waals surface area contributed by atoms with Gasteiger partial charge in [0.2, 0.25) is 0 Å². The molecule has 0 saturated carbocycles. The summed E-state index contributed by atoms with van der Waals surface area (Å²) in [7, 11) is 1.37. The predicted molar refractivity (Wildman–Crippen MR) is 112 cm³/mol. The fourth-order valence-electron chi connectivity index (χ4n) is 2.58. The average molecular weight is 467 g/mol. The van der Waals surface area contributed by atoms with E-state index in [4.69, 9.17) is 16.3 Å². The van der Waals surface area contributed by atoms with Gasteiger partial charge in [0.15, 0.2) is 0 Å². The van der Waals surface area contributed by atoms with Crippen molar-refractivity contribution in [2.45, 2.75) is 6.18 Å². The van der Waals surface area contributed by atoms with Gasteiger partial charge in [-0.2, -0.15) is 18.3 Å². The number of hydrogen-bond acceptors (Lipinski definition) is 5. The number of nitrogens with one attached hydrogen (secondary N) is 2. The standard InChI is InChI=1S/C21H15ClF4N4O2/c1-32-17-8-4-13(22)10-16(17)28-19-15(7-9-18(29-19)21(24,25)26)20(31)30-27-11-12-2-5-14(23)6-3-12/h2-11H,1H3,(H,28,29)(H,30,31)/b27-11+. The monoisotopic (exact) mass is 466 g/mol. The van der Waals surface area contributed by atoms with Crippen molar-refractivity contribution in [2.24, 2.45) is 5.10 Å². The van der Waals surface area contributed by atoms with Crippen LogP contribution in [-0.2, 0) is 6.18 Å². The maximum absolute atomic E-state index is 13.2. The van der Waals surface area contributed by atoms with Crippen molar-refractivity contribution in [3.05, 3.63) is 82.3 Å². The van der Waals surface area contributed by atoms with Gasteiger partial charge in [0.25, 0.3) is 5.91 Å². The molecule has 6 nitrogen and oxygen atoms in total. The number of aromatic nitrogens is 1. The molecule has 11 heteroatoms. The number of hydrogen-bond donors (Lipinski definition) is 2. The first-order chi connectivity index (χ1) is 15.2. The lowest BCUT2D eigenvalue weighted by molar-refractivity contribution is -0.141. The molecule has 0 aliphatic heterocycles. The number of alkyl halides is 3. The van der Waals surface area contributed by atoms with Gasteiger partial charge in [-0.1, -0.05) is 23.7 Å². The maximum atomic E-state index is 13.2. The first-order valence-electron chi connectivity index (χ1n) is 8.95. The number of carbonyl (C=O) groups excluding carboxylic acids is 1. The highest BCUT2D eigenvalue weighted by molar-refractivity contribution is 6.31. The molecule has 0 atom stereocenters. The van der Waals surface area contributed by atoms with Crippen LogP contribution in [0.25, 0.3) is 0 Å². The summed E-state index contributed by atoms with van der Waals surface area (Å²) in [5.74, 6) is -1.37. The Hall–Kier alpha value is -3.66. The van der Waals surface area contributed by atoms with Gasteiger partial charge in [0.05, 0.1) is 24.6 Å². The second kappa shape index (κ2) is 9.65. The van der Waals surface area contributed by atoms with Gasteiger partial charge in [-0.3, -0.25) is 4.79 Å². The minimum Gasteiger partial charge on any atom is -0.495 e. The van der Waals surface area contributed by atoms with E-state index in [0.717, 1.165) is 6.07 Å². The lowest BCUT2D eigenvalue weighted by Crippen LogP contribution is -2.21. The Morgan fingerprint density at radius 2 is 1.84 bits per heavy atom. The third-order valence-electron chi connectivity index (χ3n) is 4.09. The first kappa shape index (κ1) is 23.0. The molecular formula is C21H15ClF4N4O2. The van der Waals surface area contributed by atoms with Crippen molar-refractivity contribution in [1.29, 1.82) is 0 Å². The molecule has 0 fully saturated rings. The first-order valence-corrected chi connectivity index (χ1v) is 9.33. The Kier molecular flexibility index (Phi) is 6.94. The number of methoxy groups -OCH3 is 1. The number of hydrazone groups is 1. The lowest BCUT2D eigenvalue weighted by Gasteiger charge is -2.15. The van der Waals surface area contributed by atoms with E-state index in [-0.39, 0.29) is 27.8 Å². The van der Waals surface area contributed by atoms with E-state index in [1.54, 1.807) is 0 Å². The topological polar surface area (TPSA) is 75.6 Å². The molecule has 0 spiro atoms. The van der Waals surface area contributed by atoms with E-state index >= 15 is 0 Å². The van der Waals surface area contributed by atoms with Crippen LogP contribution < -0.4 is 15.5 Å². The number of ether oxygens (including phenoxy) is 1. The zero-order valence-electron chi connectivity index (χ0n) is 16.4. The van der Waals surface area contributed by atoms with Crippen LogP contribution in [0.15, 0.2) is 59.7 Å². The Morgan fingerprint density at radius 1 is 1.12 bits per heavy atom. The van der Waals surface area contributed by atoms with Crippen molar-refractivity contribution >= 4 is 35.2 Å². The van der Waals surface area contributed by atoms with Crippen LogP contribution >= 0.6 is 11.6 Å². The van der Waals surface area contributed by atoms with Crippen LogP contribution in [0.4, 0.5) is 29.1 Å². The van der Waals surface area contributed by atoms with Crippen molar-refractivity contribution in [3.8, 4) is 5.75 Å². The smallest absolute Gasteiger partial charge is 0.433 e. The third kappa shape index (κ3) is 5.73. The van der Waals surface area contributed by atoms with E-state index in [2.05, 4.69) is 20.8 Å². The number of nitrogens with zero attached hydrogens (tertiary/aromatic N) is 2. The molecule has 32 heavy (non-hydrogen) atoms. The predicted octanol–water partition coefficient (Wildman–Crippen LogP) is 5.41. The van der Waals surface area contributed by atoms with E-state index in [1.165, 1.54) is 55.8 Å². The summed E-state index contributed by atoms with van der Waals surface area (Å²) in [5.41, 5.74) is 1.49. The molecule has 2 aromatic carbocycles. The second-order valence-electron chi connectivity index (χ2n) is 6.31. The number of rotatable bonds is 6. The van der Waals surface area contributed by atoms with Crippen LogP contribution in [0.2, 0.25) is 5.02 Å². The minimum atomic E-state index is -4.73. The Labute approximate surface area is 184 Å². The van der Waals surface area contributed by atoms with Gasteiger partial charge < -0.3 is 10.1 Å². The van der Waals surface area contributed by atoms with Crippen LogP contribution in [0.1, 0.15) is 21.6 Å². The zero-order valence-corrected chi connectivity index (χ0v) is 17.1. The fraction of sp³-hybridized carbons (Fsp3) is 0.0952. The van der Waals surface area contributed by atoms with Crippen molar-refractivity contribution in [1.82, 2.24) is 10.4 Å². The molecule has 0 aliphatic carbocycles. The summed E-state index contributed by atoms with van der Waals surface area (Å²) < 4.78 is 57.7. The van der Waals surface area contributed by atoms with Gasteiger partial charge in [-0.25, -0.2) is 14.8 Å². The number of halogens is 5. The number of anilines is 2. The number of pyridine rings is 1. The Balaban J connectivity index is 1.91. The third-order valence-corrected chi connectivity index (χ3v) is 4.33. The Bertz CT molecular complexity index is 1150. The molecule has 0 unspecified atom stereocenters. The highest BCUT2D eigenvalue weighted by Crippen LogP contribution is 2.33. The zero-order chi connectivity index (χ0) is 23.3. The lowest BCUT2D eigenvalue weighted by atomic mass is 10.2. The maximum Gasteiger partial charge on any atom is 0.433 e. The summed E-state index contributed by atoms with van der Waals surface area (Å²) >= 11 is 5.96. The molecule has 3 rings (SSSR count). The molecule has 0 saturated heterocycles. The van der Waals surface area contributed by atoms with E-state index < -0.39 is 23.6 Å². The normalized spacial score (nSPS) is 11.4. The van der Waals surface area contributed by atoms with Gasteiger partial charge in [0.1, 0.15) is 23.1 Å². The SMILES string of the molecule is COc1ccc(Cl)cc1Nc1nc(C(F)(F)F)ccc1C(=O)N/N=C/c1ccc(F)cc1. The molecule has 0 aliphatic rings. The quantitative estimate of drug-likeness (QED) is 0.289.